The number of pyridine rings is 1. The zero-order valence-electron chi connectivity index (χ0n) is 16.7. The molecule has 7 nitrogen and oxygen atoms in total. The molecule has 2 N–H and O–H groups in total. The minimum atomic E-state index is -0.484. The van der Waals surface area contributed by atoms with E-state index in [0.717, 1.165) is 29.9 Å². The van der Waals surface area contributed by atoms with E-state index in [4.69, 9.17) is 23.2 Å². The van der Waals surface area contributed by atoms with Gasteiger partial charge in [0.1, 0.15) is 16.3 Å². The topological polar surface area (TPSA) is 95.4 Å². The van der Waals surface area contributed by atoms with Gasteiger partial charge in [-0.15, -0.1) is 0 Å². The molecule has 2 aromatic heterocycles. The van der Waals surface area contributed by atoms with E-state index in [1.165, 1.54) is 4.90 Å². The van der Waals surface area contributed by atoms with Gasteiger partial charge < -0.3 is 15.3 Å². The number of anilines is 1. The van der Waals surface area contributed by atoms with Crippen molar-refractivity contribution < 1.29 is 14.7 Å². The van der Waals surface area contributed by atoms with Gasteiger partial charge >= 0.3 is 0 Å². The molecule has 2 amide bonds. The first-order valence-electron chi connectivity index (χ1n) is 10.1. The van der Waals surface area contributed by atoms with Gasteiger partial charge in [0.15, 0.2) is 0 Å². The van der Waals surface area contributed by atoms with E-state index in [1.807, 2.05) is 0 Å². The number of nitrogens with one attached hydrogen (secondary N) is 1. The molecule has 1 aliphatic heterocycles. The predicted molar refractivity (Wildman–Crippen MR) is 124 cm³/mol. The lowest BCUT2D eigenvalue weighted by Gasteiger charge is -2.36. The second-order valence-electron chi connectivity index (χ2n) is 7.89. The molecular weight excluding hydrogens is 471 g/mol. The molecule has 0 bridgehead atoms. The monoisotopic (exact) mass is 488 g/mol. The van der Waals surface area contributed by atoms with Crippen LogP contribution in [0.25, 0.3) is 11.4 Å². The molecule has 3 heterocycles. The first kappa shape index (κ1) is 21.3. The maximum absolute atomic E-state index is 13.1. The van der Waals surface area contributed by atoms with Crippen molar-refractivity contribution in [2.75, 3.05) is 18.4 Å². The second kappa shape index (κ2) is 8.44. The van der Waals surface area contributed by atoms with Gasteiger partial charge in [-0.05, 0) is 60.6 Å². The Labute approximate surface area is 198 Å². The molecule has 0 spiro atoms. The number of aliphatic hydroxyl groups is 1. The lowest BCUT2D eigenvalue weighted by molar-refractivity contribution is 0.00591. The summed E-state index contributed by atoms with van der Waals surface area (Å²) in [6.07, 6.45) is 3.15. The van der Waals surface area contributed by atoms with Crippen molar-refractivity contribution >= 4 is 52.2 Å². The molecule has 5 rings (SSSR count). The Morgan fingerprint density at radius 3 is 2.56 bits per heavy atom. The summed E-state index contributed by atoms with van der Waals surface area (Å²) >= 11 is 13.8. The second-order valence-corrected chi connectivity index (χ2v) is 9.48. The van der Waals surface area contributed by atoms with Crippen LogP contribution in [0.4, 0.5) is 5.69 Å². The standard InChI is InChI=1S/C22H18Cl2N4O3S/c23-15-2-1-7-25-18(15)19-17(11-3-4-11)20(32-27-19)21(30)26-12-5-6-14(16(24)8-12)22(31)28-9-13(29)10-28/h1-2,5-8,11,13,29H,3-4,9-10H2,(H,26,30). The van der Waals surface area contributed by atoms with Crippen LogP contribution in [0.1, 0.15) is 44.4 Å². The van der Waals surface area contributed by atoms with Crippen molar-refractivity contribution in [1.82, 2.24) is 14.3 Å². The molecule has 1 saturated heterocycles. The van der Waals surface area contributed by atoms with Gasteiger partial charge in [-0.25, -0.2) is 0 Å². The highest BCUT2D eigenvalue weighted by Gasteiger charge is 2.35. The van der Waals surface area contributed by atoms with Gasteiger partial charge in [-0.1, -0.05) is 23.2 Å². The van der Waals surface area contributed by atoms with Crippen molar-refractivity contribution in [1.29, 1.82) is 0 Å². The Kier molecular flexibility index (Phi) is 5.63. The van der Waals surface area contributed by atoms with E-state index >= 15 is 0 Å². The van der Waals surface area contributed by atoms with Crippen LogP contribution < -0.4 is 5.32 Å². The van der Waals surface area contributed by atoms with E-state index in [1.54, 1.807) is 36.5 Å². The van der Waals surface area contributed by atoms with Crippen LogP contribution in [0.5, 0.6) is 0 Å². The number of carbonyl (C=O) groups is 2. The number of amides is 2. The van der Waals surface area contributed by atoms with Crippen LogP contribution in [0.15, 0.2) is 36.5 Å². The van der Waals surface area contributed by atoms with Gasteiger partial charge in [0.2, 0.25) is 0 Å². The largest absolute Gasteiger partial charge is 0.389 e. The minimum absolute atomic E-state index is 0.238. The van der Waals surface area contributed by atoms with Crippen LogP contribution in [0, 0.1) is 0 Å². The molecule has 0 unspecified atom stereocenters. The van der Waals surface area contributed by atoms with Gasteiger partial charge in [0, 0.05) is 30.5 Å². The van der Waals surface area contributed by atoms with Crippen molar-refractivity contribution in [2.24, 2.45) is 0 Å². The number of halogens is 2. The average Bonchev–Trinajstić information content (AvgIpc) is 3.49. The Balaban J connectivity index is 1.38. The number of aliphatic hydroxyl groups excluding tert-OH is 1. The number of hydrogen-bond acceptors (Lipinski definition) is 6. The molecule has 2 aliphatic rings. The molecule has 164 valence electrons. The van der Waals surface area contributed by atoms with E-state index in [-0.39, 0.29) is 22.8 Å². The van der Waals surface area contributed by atoms with Gasteiger partial charge in [0.25, 0.3) is 11.8 Å². The summed E-state index contributed by atoms with van der Waals surface area (Å²) < 4.78 is 4.50. The Hall–Kier alpha value is -2.52. The van der Waals surface area contributed by atoms with Gasteiger partial charge in [0.05, 0.1) is 21.7 Å². The number of likely N-dealkylation sites (tertiary alicyclic amines) is 1. The molecule has 2 fully saturated rings. The summed E-state index contributed by atoms with van der Waals surface area (Å²) in [6, 6.07) is 8.29. The van der Waals surface area contributed by atoms with Crippen molar-refractivity contribution in [3.8, 4) is 11.4 Å². The number of hydrogen-bond donors (Lipinski definition) is 2. The number of aromatic nitrogens is 2. The lowest BCUT2D eigenvalue weighted by Crippen LogP contribution is -2.53. The number of carbonyl (C=O) groups excluding carboxylic acids is 2. The SMILES string of the molecule is O=C(Nc1ccc(C(=O)N2CC(O)C2)c(Cl)c1)c1snc(-c2ncccc2Cl)c1C1CC1. The van der Waals surface area contributed by atoms with Gasteiger partial charge in [-0.3, -0.25) is 14.6 Å². The van der Waals surface area contributed by atoms with Crippen LogP contribution in [-0.2, 0) is 0 Å². The summed E-state index contributed by atoms with van der Waals surface area (Å²) in [5.74, 6) is -0.268. The number of benzene rings is 1. The summed E-state index contributed by atoms with van der Waals surface area (Å²) in [6.45, 7) is 0.594. The minimum Gasteiger partial charge on any atom is -0.389 e. The summed E-state index contributed by atoms with van der Waals surface area (Å²) in [7, 11) is 0. The highest BCUT2D eigenvalue weighted by atomic mass is 35.5. The highest BCUT2D eigenvalue weighted by molar-refractivity contribution is 7.08. The number of nitrogens with zero attached hydrogens (tertiary/aromatic N) is 3. The lowest BCUT2D eigenvalue weighted by atomic mass is 10.1. The normalized spacial score (nSPS) is 16.0. The maximum Gasteiger partial charge on any atom is 0.267 e. The zero-order chi connectivity index (χ0) is 22.4. The third kappa shape index (κ3) is 3.99. The molecule has 10 heteroatoms. The first-order valence-corrected chi connectivity index (χ1v) is 11.6. The van der Waals surface area contributed by atoms with Crippen LogP contribution in [0.3, 0.4) is 0 Å². The third-order valence-electron chi connectivity index (χ3n) is 5.51. The summed E-state index contributed by atoms with van der Waals surface area (Å²) in [4.78, 5) is 31.9. The number of β-amino-alcohol motifs (C(OH)–C–C–N with tert-alkyl or cyclic N) is 1. The predicted octanol–water partition coefficient (Wildman–Crippen LogP) is 4.46. The molecule has 1 aromatic carbocycles. The molecule has 1 saturated carbocycles. The van der Waals surface area contributed by atoms with Crippen molar-refractivity contribution in [3.63, 3.8) is 0 Å². The molecular formula is C22H18Cl2N4O3S. The van der Waals surface area contributed by atoms with Gasteiger partial charge in [-0.2, -0.15) is 4.37 Å². The average molecular weight is 489 g/mol. The third-order valence-corrected chi connectivity index (χ3v) is 6.99. The highest BCUT2D eigenvalue weighted by Crippen LogP contribution is 2.47. The Bertz CT molecular complexity index is 1220. The summed E-state index contributed by atoms with van der Waals surface area (Å²) in [5, 5.41) is 13.0. The maximum atomic E-state index is 13.1. The molecule has 0 atom stereocenters. The van der Waals surface area contributed by atoms with Crippen molar-refractivity contribution in [3.05, 3.63) is 62.6 Å². The van der Waals surface area contributed by atoms with Crippen LogP contribution in [0.2, 0.25) is 10.0 Å². The van der Waals surface area contributed by atoms with E-state index in [9.17, 15) is 14.7 Å². The zero-order valence-corrected chi connectivity index (χ0v) is 19.0. The van der Waals surface area contributed by atoms with Crippen molar-refractivity contribution in [2.45, 2.75) is 24.9 Å². The van der Waals surface area contributed by atoms with Crippen LogP contribution >= 0.6 is 34.7 Å². The molecule has 32 heavy (non-hydrogen) atoms. The fourth-order valence-corrected chi connectivity index (χ4v) is 5.02. The Morgan fingerprint density at radius 1 is 1.12 bits per heavy atom. The number of rotatable bonds is 5. The fraction of sp³-hybridized carbons (Fsp3) is 0.273. The van der Waals surface area contributed by atoms with E-state index in [2.05, 4.69) is 14.7 Å². The van der Waals surface area contributed by atoms with Crippen LogP contribution in [-0.4, -0.2) is 50.4 Å². The molecule has 1 aliphatic carbocycles. The quantitative estimate of drug-likeness (QED) is 0.552. The van der Waals surface area contributed by atoms with E-state index < -0.39 is 6.10 Å². The Morgan fingerprint density at radius 2 is 1.91 bits per heavy atom. The molecule has 0 radical (unpaired) electrons. The smallest absolute Gasteiger partial charge is 0.267 e. The fourth-order valence-electron chi connectivity index (χ4n) is 3.69. The first-order chi connectivity index (χ1) is 15.4. The summed E-state index contributed by atoms with van der Waals surface area (Å²) in [5.41, 5.74) is 2.92. The van der Waals surface area contributed by atoms with E-state index in [0.29, 0.717) is 45.6 Å². The molecule has 3 aromatic rings.